The molecule has 29 heavy (non-hydrogen) atoms. The molecule has 4 aromatic rings. The molecule has 3 heterocycles. The van der Waals surface area contributed by atoms with Gasteiger partial charge in [0.2, 0.25) is 0 Å². The highest BCUT2D eigenvalue weighted by Gasteiger charge is 2.22. The summed E-state index contributed by atoms with van der Waals surface area (Å²) < 4.78 is 1.89. The first-order valence-corrected chi connectivity index (χ1v) is 10.0. The fourth-order valence-corrected chi connectivity index (χ4v) is 3.41. The van der Waals surface area contributed by atoms with Crippen molar-refractivity contribution in [2.45, 2.75) is 39.7 Å². The van der Waals surface area contributed by atoms with E-state index in [9.17, 15) is 0 Å². The van der Waals surface area contributed by atoms with Gasteiger partial charge in [0.15, 0.2) is 5.65 Å². The van der Waals surface area contributed by atoms with Crippen molar-refractivity contribution in [2.75, 3.05) is 5.32 Å². The van der Waals surface area contributed by atoms with Crippen molar-refractivity contribution in [1.29, 1.82) is 0 Å². The van der Waals surface area contributed by atoms with E-state index in [0.717, 1.165) is 39.5 Å². The molecule has 0 radical (unpaired) electrons. The van der Waals surface area contributed by atoms with Crippen molar-refractivity contribution in [3.63, 3.8) is 0 Å². The third-order valence-corrected chi connectivity index (χ3v) is 5.11. The molecule has 148 valence electrons. The molecule has 0 fully saturated rings. The van der Waals surface area contributed by atoms with Crippen LogP contribution in [-0.4, -0.2) is 19.6 Å². The molecule has 3 aromatic heterocycles. The molecular formula is C23H24ClN5. The molecule has 0 atom stereocenters. The molecule has 0 bridgehead atoms. The maximum atomic E-state index is 6.09. The summed E-state index contributed by atoms with van der Waals surface area (Å²) in [5.74, 6) is 0.909. The topological polar surface area (TPSA) is 55.1 Å². The number of rotatable bonds is 4. The van der Waals surface area contributed by atoms with Gasteiger partial charge in [-0.2, -0.15) is 9.61 Å². The van der Waals surface area contributed by atoms with E-state index in [0.29, 0.717) is 11.6 Å². The molecule has 0 amide bonds. The zero-order valence-electron chi connectivity index (χ0n) is 17.1. The summed E-state index contributed by atoms with van der Waals surface area (Å²) in [6.07, 6.45) is 3.64. The van der Waals surface area contributed by atoms with E-state index in [1.165, 1.54) is 0 Å². The van der Waals surface area contributed by atoms with Gasteiger partial charge in [0, 0.05) is 41.0 Å². The Morgan fingerprint density at radius 2 is 1.86 bits per heavy atom. The van der Waals surface area contributed by atoms with Gasteiger partial charge in [0.1, 0.15) is 5.82 Å². The number of pyridine rings is 1. The largest absolute Gasteiger partial charge is 0.366 e. The van der Waals surface area contributed by atoms with Crippen LogP contribution in [0.4, 0.5) is 5.82 Å². The number of aromatic nitrogens is 4. The van der Waals surface area contributed by atoms with E-state index in [1.54, 1.807) is 6.20 Å². The second-order valence-electron chi connectivity index (χ2n) is 8.19. The standard InChI is InChI=1S/C23H24ClN5/c1-15-21(17-7-9-18(24)10-8-17)22-27-19(23(2,3)4)12-20(29(22)28-15)26-14-16-6-5-11-25-13-16/h5-13,26H,14H2,1-4H3. The summed E-state index contributed by atoms with van der Waals surface area (Å²) in [5, 5.41) is 9.02. The molecule has 0 unspecified atom stereocenters. The fraction of sp³-hybridized carbons (Fsp3) is 0.261. The SMILES string of the molecule is Cc1nn2c(NCc3cccnc3)cc(C(C)(C)C)nc2c1-c1ccc(Cl)cc1. The Morgan fingerprint density at radius 3 is 2.52 bits per heavy atom. The maximum absolute atomic E-state index is 6.09. The minimum atomic E-state index is -0.0953. The predicted molar refractivity (Wildman–Crippen MR) is 118 cm³/mol. The van der Waals surface area contributed by atoms with Crippen LogP contribution in [0.1, 0.15) is 37.7 Å². The highest BCUT2D eigenvalue weighted by Crippen LogP contribution is 2.32. The molecule has 0 saturated heterocycles. The van der Waals surface area contributed by atoms with Crippen LogP contribution >= 0.6 is 11.6 Å². The van der Waals surface area contributed by atoms with E-state index >= 15 is 0 Å². The molecule has 5 nitrogen and oxygen atoms in total. The Labute approximate surface area is 175 Å². The number of anilines is 1. The Balaban J connectivity index is 1.86. The summed E-state index contributed by atoms with van der Waals surface area (Å²) in [5.41, 5.74) is 5.87. The van der Waals surface area contributed by atoms with Crippen LogP contribution < -0.4 is 5.32 Å². The Morgan fingerprint density at radius 1 is 1.10 bits per heavy atom. The Bertz CT molecular complexity index is 1140. The van der Waals surface area contributed by atoms with E-state index < -0.39 is 0 Å². The minimum Gasteiger partial charge on any atom is -0.366 e. The van der Waals surface area contributed by atoms with E-state index in [2.05, 4.69) is 43.2 Å². The lowest BCUT2D eigenvalue weighted by molar-refractivity contribution is 0.568. The van der Waals surface area contributed by atoms with Crippen LogP contribution in [0.3, 0.4) is 0 Å². The number of aryl methyl sites for hydroxylation is 1. The van der Waals surface area contributed by atoms with Crippen molar-refractivity contribution in [1.82, 2.24) is 19.6 Å². The molecule has 0 saturated carbocycles. The van der Waals surface area contributed by atoms with Crippen LogP contribution in [0.5, 0.6) is 0 Å². The summed E-state index contributed by atoms with van der Waals surface area (Å²) in [7, 11) is 0. The Kier molecular flexibility index (Phi) is 5.01. The summed E-state index contributed by atoms with van der Waals surface area (Å²) in [6, 6.07) is 13.9. The van der Waals surface area contributed by atoms with Gasteiger partial charge in [-0.1, -0.05) is 50.6 Å². The van der Waals surface area contributed by atoms with Crippen molar-refractivity contribution in [2.24, 2.45) is 0 Å². The first-order valence-electron chi connectivity index (χ1n) is 9.62. The molecule has 1 aromatic carbocycles. The lowest BCUT2D eigenvalue weighted by Gasteiger charge is -2.20. The molecule has 0 aliphatic heterocycles. The number of nitrogens with zero attached hydrogens (tertiary/aromatic N) is 4. The summed E-state index contributed by atoms with van der Waals surface area (Å²) in [4.78, 5) is 9.19. The molecule has 6 heteroatoms. The van der Waals surface area contributed by atoms with E-state index in [4.69, 9.17) is 21.7 Å². The van der Waals surface area contributed by atoms with Crippen LogP contribution in [0.2, 0.25) is 5.02 Å². The minimum absolute atomic E-state index is 0.0953. The summed E-state index contributed by atoms with van der Waals surface area (Å²) >= 11 is 6.09. The predicted octanol–water partition coefficient (Wildman–Crippen LogP) is 5.66. The second-order valence-corrected chi connectivity index (χ2v) is 8.63. The number of hydrogen-bond donors (Lipinski definition) is 1. The van der Waals surface area contributed by atoms with Crippen LogP contribution in [0.25, 0.3) is 16.8 Å². The van der Waals surface area contributed by atoms with Crippen LogP contribution in [-0.2, 0) is 12.0 Å². The number of hydrogen-bond acceptors (Lipinski definition) is 4. The van der Waals surface area contributed by atoms with Crippen molar-refractivity contribution < 1.29 is 0 Å². The van der Waals surface area contributed by atoms with Gasteiger partial charge in [0.25, 0.3) is 0 Å². The smallest absolute Gasteiger partial charge is 0.165 e. The van der Waals surface area contributed by atoms with E-state index in [1.807, 2.05) is 48.0 Å². The van der Waals surface area contributed by atoms with E-state index in [-0.39, 0.29) is 5.41 Å². The van der Waals surface area contributed by atoms with Gasteiger partial charge >= 0.3 is 0 Å². The first kappa shape index (κ1) is 19.4. The quantitative estimate of drug-likeness (QED) is 0.475. The molecule has 0 aliphatic carbocycles. The third-order valence-electron chi connectivity index (χ3n) is 4.86. The van der Waals surface area contributed by atoms with Crippen molar-refractivity contribution >= 4 is 23.1 Å². The zero-order valence-corrected chi connectivity index (χ0v) is 17.8. The third kappa shape index (κ3) is 3.96. The summed E-state index contributed by atoms with van der Waals surface area (Å²) in [6.45, 7) is 9.18. The first-order chi connectivity index (χ1) is 13.8. The van der Waals surface area contributed by atoms with Gasteiger partial charge < -0.3 is 5.32 Å². The highest BCUT2D eigenvalue weighted by atomic mass is 35.5. The Hall–Kier alpha value is -2.92. The average molecular weight is 406 g/mol. The number of nitrogens with one attached hydrogen (secondary N) is 1. The van der Waals surface area contributed by atoms with Gasteiger partial charge in [-0.3, -0.25) is 4.98 Å². The van der Waals surface area contributed by atoms with Crippen LogP contribution in [0, 0.1) is 6.92 Å². The second kappa shape index (κ2) is 7.48. The highest BCUT2D eigenvalue weighted by molar-refractivity contribution is 6.30. The fourth-order valence-electron chi connectivity index (χ4n) is 3.28. The van der Waals surface area contributed by atoms with Crippen molar-refractivity contribution in [3.05, 3.63) is 76.8 Å². The van der Waals surface area contributed by atoms with Gasteiger partial charge in [-0.05, 0) is 36.2 Å². The lowest BCUT2D eigenvalue weighted by Crippen LogP contribution is -2.16. The monoisotopic (exact) mass is 405 g/mol. The number of fused-ring (bicyclic) bond motifs is 1. The number of benzene rings is 1. The van der Waals surface area contributed by atoms with Gasteiger partial charge in [-0.15, -0.1) is 0 Å². The molecule has 0 spiro atoms. The molecule has 4 rings (SSSR count). The average Bonchev–Trinajstić information content (AvgIpc) is 3.03. The normalized spacial score (nSPS) is 11.8. The maximum Gasteiger partial charge on any atom is 0.165 e. The van der Waals surface area contributed by atoms with Gasteiger partial charge in [-0.25, -0.2) is 4.98 Å². The molecule has 1 N–H and O–H groups in total. The molecular weight excluding hydrogens is 382 g/mol. The molecule has 0 aliphatic rings. The van der Waals surface area contributed by atoms with Crippen LogP contribution in [0.15, 0.2) is 54.9 Å². The lowest BCUT2D eigenvalue weighted by atomic mass is 9.92. The van der Waals surface area contributed by atoms with Crippen molar-refractivity contribution in [3.8, 4) is 11.1 Å². The van der Waals surface area contributed by atoms with Gasteiger partial charge in [0.05, 0.1) is 11.4 Å². The zero-order chi connectivity index (χ0) is 20.6. The number of halogens is 1.